The van der Waals surface area contributed by atoms with E-state index < -0.39 is 0 Å². The molecule has 1 aliphatic carbocycles. The van der Waals surface area contributed by atoms with Crippen LogP contribution < -0.4 is 5.73 Å². The highest BCUT2D eigenvalue weighted by Crippen LogP contribution is 2.37. The molecule has 70 valence electrons. The first-order valence-corrected chi connectivity index (χ1v) is 5.41. The van der Waals surface area contributed by atoms with Gasteiger partial charge in [0.15, 0.2) is 0 Å². The molecule has 1 aromatic heterocycles. The van der Waals surface area contributed by atoms with Crippen LogP contribution in [0.2, 0.25) is 0 Å². The fraction of sp³-hybridized carbons (Fsp3) is 0.500. The maximum Gasteiger partial charge on any atom is 0.0326 e. The first kappa shape index (κ1) is 9.16. The molecule has 2 rings (SSSR count). The lowest BCUT2D eigenvalue weighted by atomic mass is 10.0. The number of rotatable bonds is 3. The standard InChI is InChI=1S/C10H13BrN2/c11-9-3-4-13-6-8(9)10(12)5-7-1-2-7/h3-4,6-7,10H,1-2,5,12H2. The first-order valence-electron chi connectivity index (χ1n) is 4.62. The minimum atomic E-state index is 0.149. The van der Waals surface area contributed by atoms with Gasteiger partial charge in [0, 0.05) is 28.5 Å². The number of hydrogen-bond acceptors (Lipinski definition) is 2. The van der Waals surface area contributed by atoms with Crippen LogP contribution in [0, 0.1) is 5.92 Å². The summed E-state index contributed by atoms with van der Waals surface area (Å²) in [7, 11) is 0. The fourth-order valence-corrected chi connectivity index (χ4v) is 2.02. The molecular formula is C10H13BrN2. The van der Waals surface area contributed by atoms with Gasteiger partial charge in [-0.1, -0.05) is 28.8 Å². The van der Waals surface area contributed by atoms with E-state index in [1.165, 1.54) is 12.8 Å². The maximum atomic E-state index is 6.07. The van der Waals surface area contributed by atoms with Crippen LogP contribution in [0.4, 0.5) is 0 Å². The molecule has 13 heavy (non-hydrogen) atoms. The van der Waals surface area contributed by atoms with Crippen LogP contribution >= 0.6 is 15.9 Å². The fourth-order valence-electron chi connectivity index (χ4n) is 1.50. The zero-order valence-electron chi connectivity index (χ0n) is 7.41. The van der Waals surface area contributed by atoms with Crippen molar-refractivity contribution in [3.63, 3.8) is 0 Å². The molecule has 0 spiro atoms. The third-order valence-corrected chi connectivity index (χ3v) is 3.20. The highest BCUT2D eigenvalue weighted by molar-refractivity contribution is 9.10. The lowest BCUT2D eigenvalue weighted by molar-refractivity contribution is 0.593. The average Bonchev–Trinajstić information content (AvgIpc) is 2.89. The highest BCUT2D eigenvalue weighted by atomic mass is 79.9. The van der Waals surface area contributed by atoms with Crippen molar-refractivity contribution in [2.24, 2.45) is 11.7 Å². The lowest BCUT2D eigenvalue weighted by Gasteiger charge is -2.12. The predicted molar refractivity (Wildman–Crippen MR) is 56.2 cm³/mol. The Bertz CT molecular complexity index is 297. The molecule has 0 saturated heterocycles. The molecule has 1 unspecified atom stereocenters. The van der Waals surface area contributed by atoms with Crippen LogP contribution in [0.15, 0.2) is 22.9 Å². The average molecular weight is 241 g/mol. The van der Waals surface area contributed by atoms with Gasteiger partial charge >= 0.3 is 0 Å². The van der Waals surface area contributed by atoms with Crippen molar-refractivity contribution in [3.8, 4) is 0 Å². The smallest absolute Gasteiger partial charge is 0.0326 e. The number of nitrogens with two attached hydrogens (primary N) is 1. The van der Waals surface area contributed by atoms with E-state index in [9.17, 15) is 0 Å². The van der Waals surface area contributed by atoms with E-state index in [1.54, 1.807) is 6.20 Å². The second-order valence-corrected chi connectivity index (χ2v) is 4.54. The van der Waals surface area contributed by atoms with Crippen LogP contribution in [-0.4, -0.2) is 4.98 Å². The van der Waals surface area contributed by atoms with Crippen LogP contribution in [0.1, 0.15) is 30.9 Å². The molecular weight excluding hydrogens is 228 g/mol. The Kier molecular flexibility index (Phi) is 2.65. The van der Waals surface area contributed by atoms with E-state index in [1.807, 2.05) is 12.3 Å². The molecule has 0 aliphatic heterocycles. The molecule has 1 fully saturated rings. The second-order valence-electron chi connectivity index (χ2n) is 3.68. The van der Waals surface area contributed by atoms with Gasteiger partial charge < -0.3 is 5.73 Å². The normalized spacial score (nSPS) is 18.6. The van der Waals surface area contributed by atoms with Gasteiger partial charge in [-0.05, 0) is 18.4 Å². The molecule has 1 aliphatic rings. The maximum absolute atomic E-state index is 6.07. The molecule has 0 amide bonds. The van der Waals surface area contributed by atoms with E-state index in [4.69, 9.17) is 5.73 Å². The number of halogens is 1. The van der Waals surface area contributed by atoms with E-state index >= 15 is 0 Å². The van der Waals surface area contributed by atoms with E-state index in [0.29, 0.717) is 0 Å². The predicted octanol–water partition coefficient (Wildman–Crippen LogP) is 2.64. The van der Waals surface area contributed by atoms with E-state index in [2.05, 4.69) is 20.9 Å². The SMILES string of the molecule is NC(CC1CC1)c1cnccc1Br. The first-order chi connectivity index (χ1) is 6.27. The summed E-state index contributed by atoms with van der Waals surface area (Å²) in [6.07, 6.45) is 7.44. The van der Waals surface area contributed by atoms with Gasteiger partial charge in [-0.3, -0.25) is 4.98 Å². The van der Waals surface area contributed by atoms with Crippen molar-refractivity contribution in [1.29, 1.82) is 0 Å². The van der Waals surface area contributed by atoms with Gasteiger partial charge in [-0.2, -0.15) is 0 Å². The van der Waals surface area contributed by atoms with Crippen molar-refractivity contribution >= 4 is 15.9 Å². The van der Waals surface area contributed by atoms with Gasteiger partial charge in [0.05, 0.1) is 0 Å². The van der Waals surface area contributed by atoms with Crippen molar-refractivity contribution in [1.82, 2.24) is 4.98 Å². The van der Waals surface area contributed by atoms with Gasteiger partial charge in [-0.15, -0.1) is 0 Å². The minimum absolute atomic E-state index is 0.149. The van der Waals surface area contributed by atoms with Gasteiger partial charge in [0.2, 0.25) is 0 Å². The molecule has 2 nitrogen and oxygen atoms in total. The van der Waals surface area contributed by atoms with Gasteiger partial charge in [-0.25, -0.2) is 0 Å². The summed E-state index contributed by atoms with van der Waals surface area (Å²) in [6, 6.07) is 2.10. The zero-order chi connectivity index (χ0) is 9.26. The number of nitrogens with zero attached hydrogens (tertiary/aromatic N) is 1. The second kappa shape index (κ2) is 3.76. The Balaban J connectivity index is 2.09. The summed E-state index contributed by atoms with van der Waals surface area (Å²) >= 11 is 3.49. The van der Waals surface area contributed by atoms with Gasteiger partial charge in [0.25, 0.3) is 0 Å². The minimum Gasteiger partial charge on any atom is -0.324 e. The molecule has 0 bridgehead atoms. The lowest BCUT2D eigenvalue weighted by Crippen LogP contribution is -2.11. The Hall–Kier alpha value is -0.410. The van der Waals surface area contributed by atoms with Crippen molar-refractivity contribution in [2.45, 2.75) is 25.3 Å². The summed E-state index contributed by atoms with van der Waals surface area (Å²) in [5.41, 5.74) is 7.20. The van der Waals surface area contributed by atoms with Crippen LogP contribution in [-0.2, 0) is 0 Å². The summed E-state index contributed by atoms with van der Waals surface area (Å²) in [5, 5.41) is 0. The van der Waals surface area contributed by atoms with Gasteiger partial charge in [0.1, 0.15) is 0 Å². The number of pyridine rings is 1. The Labute approximate surface area is 86.7 Å². The molecule has 1 saturated carbocycles. The summed E-state index contributed by atoms with van der Waals surface area (Å²) in [4.78, 5) is 4.08. The van der Waals surface area contributed by atoms with Crippen molar-refractivity contribution in [3.05, 3.63) is 28.5 Å². The Morgan fingerprint density at radius 3 is 3.00 bits per heavy atom. The highest BCUT2D eigenvalue weighted by Gasteiger charge is 2.25. The molecule has 0 radical (unpaired) electrons. The molecule has 0 aromatic carbocycles. The molecule has 1 heterocycles. The Morgan fingerprint density at radius 2 is 2.38 bits per heavy atom. The number of hydrogen-bond donors (Lipinski definition) is 1. The largest absolute Gasteiger partial charge is 0.324 e. The summed E-state index contributed by atoms with van der Waals surface area (Å²) < 4.78 is 1.08. The molecule has 2 N–H and O–H groups in total. The van der Waals surface area contributed by atoms with E-state index in [0.717, 1.165) is 22.4 Å². The summed E-state index contributed by atoms with van der Waals surface area (Å²) in [6.45, 7) is 0. The van der Waals surface area contributed by atoms with Crippen molar-refractivity contribution in [2.75, 3.05) is 0 Å². The summed E-state index contributed by atoms with van der Waals surface area (Å²) in [5.74, 6) is 0.863. The molecule has 1 aromatic rings. The van der Waals surface area contributed by atoms with E-state index in [-0.39, 0.29) is 6.04 Å². The third kappa shape index (κ3) is 2.29. The monoisotopic (exact) mass is 240 g/mol. The number of aromatic nitrogens is 1. The zero-order valence-corrected chi connectivity index (χ0v) is 9.00. The topological polar surface area (TPSA) is 38.9 Å². The van der Waals surface area contributed by atoms with Crippen LogP contribution in [0.25, 0.3) is 0 Å². The third-order valence-electron chi connectivity index (χ3n) is 2.48. The van der Waals surface area contributed by atoms with Crippen molar-refractivity contribution < 1.29 is 0 Å². The Morgan fingerprint density at radius 1 is 1.62 bits per heavy atom. The quantitative estimate of drug-likeness (QED) is 0.883. The van der Waals surface area contributed by atoms with Crippen LogP contribution in [0.3, 0.4) is 0 Å². The molecule has 3 heteroatoms. The van der Waals surface area contributed by atoms with Crippen LogP contribution in [0.5, 0.6) is 0 Å². The molecule has 1 atom stereocenters.